The summed E-state index contributed by atoms with van der Waals surface area (Å²) >= 11 is 7.82. The van der Waals surface area contributed by atoms with Crippen molar-refractivity contribution in [1.82, 2.24) is 14.9 Å². The van der Waals surface area contributed by atoms with Crippen molar-refractivity contribution in [2.45, 2.75) is 30.5 Å². The summed E-state index contributed by atoms with van der Waals surface area (Å²) in [6, 6.07) is 22.9. The van der Waals surface area contributed by atoms with Gasteiger partial charge in [0.05, 0.1) is 17.4 Å². The minimum atomic E-state index is -0.240. The Labute approximate surface area is 201 Å². The fourth-order valence-electron chi connectivity index (χ4n) is 3.55. The molecule has 5 nitrogen and oxygen atoms in total. The van der Waals surface area contributed by atoms with Gasteiger partial charge in [-0.3, -0.25) is 9.59 Å². The van der Waals surface area contributed by atoms with E-state index in [2.05, 4.69) is 22.1 Å². The van der Waals surface area contributed by atoms with E-state index in [1.807, 2.05) is 49.4 Å². The lowest BCUT2D eigenvalue weighted by Gasteiger charge is -2.22. The number of amides is 1. The van der Waals surface area contributed by atoms with Crippen LogP contribution in [0.1, 0.15) is 35.1 Å². The molecule has 1 heterocycles. The van der Waals surface area contributed by atoms with E-state index in [0.29, 0.717) is 33.9 Å². The third-order valence-electron chi connectivity index (χ3n) is 5.19. The number of hydrogen-bond donors (Lipinski definition) is 1. The van der Waals surface area contributed by atoms with Gasteiger partial charge in [-0.2, -0.15) is 0 Å². The largest absolute Gasteiger partial charge is 0.331 e. The molecule has 4 rings (SSSR count). The number of fused-ring (bicyclic) bond motifs is 1. The van der Waals surface area contributed by atoms with Gasteiger partial charge in [0.25, 0.3) is 11.5 Å². The van der Waals surface area contributed by atoms with Crippen LogP contribution < -0.4 is 5.56 Å². The highest BCUT2D eigenvalue weighted by Crippen LogP contribution is 2.23. The Morgan fingerprint density at radius 1 is 1.06 bits per heavy atom. The molecule has 33 heavy (non-hydrogen) atoms. The van der Waals surface area contributed by atoms with Crippen LogP contribution in [0.25, 0.3) is 10.9 Å². The van der Waals surface area contributed by atoms with E-state index in [1.165, 1.54) is 4.90 Å². The first-order chi connectivity index (χ1) is 16.0. The van der Waals surface area contributed by atoms with E-state index < -0.39 is 0 Å². The Bertz CT molecular complexity index is 1310. The van der Waals surface area contributed by atoms with Gasteiger partial charge in [0.15, 0.2) is 0 Å². The number of H-pyrrole nitrogens is 1. The van der Waals surface area contributed by atoms with Crippen LogP contribution in [-0.4, -0.2) is 27.3 Å². The van der Waals surface area contributed by atoms with Crippen molar-refractivity contribution in [2.75, 3.05) is 6.54 Å². The molecule has 0 fully saturated rings. The summed E-state index contributed by atoms with van der Waals surface area (Å²) in [5, 5.41) is 0.985. The van der Waals surface area contributed by atoms with Crippen LogP contribution in [0.5, 0.6) is 0 Å². The number of aromatic amines is 1. The number of carbonyl (C=O) groups excluding carboxylic acids is 1. The Hall–Kier alpha value is -3.09. The molecule has 0 aliphatic rings. The predicted molar refractivity (Wildman–Crippen MR) is 135 cm³/mol. The number of thioether (sulfide) groups is 1. The molecule has 0 aliphatic carbocycles. The van der Waals surface area contributed by atoms with Gasteiger partial charge in [-0.25, -0.2) is 4.98 Å². The highest BCUT2D eigenvalue weighted by Gasteiger charge is 2.17. The zero-order chi connectivity index (χ0) is 23.2. The molecule has 1 amide bonds. The number of rotatable bonds is 8. The Morgan fingerprint density at radius 2 is 1.82 bits per heavy atom. The highest BCUT2D eigenvalue weighted by atomic mass is 35.5. The lowest BCUT2D eigenvalue weighted by molar-refractivity contribution is 0.0739. The smallest absolute Gasteiger partial charge is 0.258 e. The SMILES string of the molecule is CCCN(Cc1nc2cc(Cl)ccc2c(=O)[nH]1)C(=O)c1ccc(CSc2ccccc2)cc1. The monoisotopic (exact) mass is 477 g/mol. The van der Waals surface area contributed by atoms with E-state index in [-0.39, 0.29) is 18.0 Å². The average Bonchev–Trinajstić information content (AvgIpc) is 2.83. The molecule has 0 saturated carbocycles. The molecule has 3 aromatic carbocycles. The van der Waals surface area contributed by atoms with E-state index in [4.69, 9.17) is 11.6 Å². The molecule has 1 aromatic heterocycles. The first-order valence-electron chi connectivity index (χ1n) is 10.8. The van der Waals surface area contributed by atoms with E-state index in [0.717, 1.165) is 17.7 Å². The molecule has 0 bridgehead atoms. The third kappa shape index (κ3) is 5.83. The van der Waals surface area contributed by atoms with Crippen molar-refractivity contribution in [3.63, 3.8) is 0 Å². The van der Waals surface area contributed by atoms with Crippen LogP contribution in [-0.2, 0) is 12.3 Å². The number of carbonyl (C=O) groups is 1. The van der Waals surface area contributed by atoms with Crippen LogP contribution in [0.4, 0.5) is 0 Å². The molecule has 0 aliphatic heterocycles. The minimum Gasteiger partial charge on any atom is -0.331 e. The lowest BCUT2D eigenvalue weighted by atomic mass is 10.1. The van der Waals surface area contributed by atoms with Gasteiger partial charge in [0.1, 0.15) is 5.82 Å². The summed E-state index contributed by atoms with van der Waals surface area (Å²) < 4.78 is 0. The maximum atomic E-state index is 13.2. The van der Waals surface area contributed by atoms with Gasteiger partial charge in [0, 0.05) is 27.8 Å². The van der Waals surface area contributed by atoms with Crippen molar-refractivity contribution < 1.29 is 4.79 Å². The fraction of sp³-hybridized carbons (Fsp3) is 0.192. The van der Waals surface area contributed by atoms with Gasteiger partial charge in [-0.15, -0.1) is 11.8 Å². The van der Waals surface area contributed by atoms with Crippen LogP contribution in [0.15, 0.2) is 82.5 Å². The molecule has 0 spiro atoms. The summed E-state index contributed by atoms with van der Waals surface area (Å²) in [6.07, 6.45) is 0.793. The van der Waals surface area contributed by atoms with E-state index in [9.17, 15) is 9.59 Å². The Morgan fingerprint density at radius 3 is 2.55 bits per heavy atom. The van der Waals surface area contributed by atoms with Crippen LogP contribution in [0.2, 0.25) is 5.02 Å². The Kier molecular flexibility index (Phi) is 7.47. The third-order valence-corrected chi connectivity index (χ3v) is 6.51. The van der Waals surface area contributed by atoms with Crippen LogP contribution >= 0.6 is 23.4 Å². The number of aromatic nitrogens is 2. The molecular weight excluding hydrogens is 454 g/mol. The van der Waals surface area contributed by atoms with Gasteiger partial charge in [0.2, 0.25) is 0 Å². The molecule has 0 radical (unpaired) electrons. The van der Waals surface area contributed by atoms with Gasteiger partial charge < -0.3 is 9.88 Å². The van der Waals surface area contributed by atoms with Crippen LogP contribution in [0.3, 0.4) is 0 Å². The highest BCUT2D eigenvalue weighted by molar-refractivity contribution is 7.98. The summed E-state index contributed by atoms with van der Waals surface area (Å²) in [7, 11) is 0. The molecular formula is C26H24ClN3O2S. The summed E-state index contributed by atoms with van der Waals surface area (Å²) in [5.74, 6) is 1.18. The standard InChI is InChI=1S/C26H24ClN3O2S/c1-2-14-30(16-24-28-23-15-20(27)12-13-22(23)25(31)29-24)26(32)19-10-8-18(9-11-19)17-33-21-6-4-3-5-7-21/h3-13,15H,2,14,16-17H2,1H3,(H,28,29,31). The second-order valence-corrected chi connectivity index (χ2v) is 9.18. The Balaban J connectivity index is 1.49. The van der Waals surface area contributed by atoms with Crippen molar-refractivity contribution in [1.29, 1.82) is 0 Å². The second-order valence-electron chi connectivity index (χ2n) is 7.70. The molecule has 0 unspecified atom stereocenters. The summed E-state index contributed by atoms with van der Waals surface area (Å²) in [5.41, 5.74) is 2.05. The molecule has 168 valence electrons. The molecule has 0 saturated heterocycles. The molecule has 7 heteroatoms. The van der Waals surface area contributed by atoms with Crippen LogP contribution in [0, 0.1) is 0 Å². The second kappa shape index (κ2) is 10.7. The normalized spacial score (nSPS) is 11.0. The number of hydrogen-bond acceptors (Lipinski definition) is 4. The van der Waals surface area contributed by atoms with Gasteiger partial charge >= 0.3 is 0 Å². The quantitative estimate of drug-likeness (QED) is 0.320. The number of nitrogens with zero attached hydrogens (tertiary/aromatic N) is 2. The zero-order valence-corrected chi connectivity index (χ0v) is 19.8. The van der Waals surface area contributed by atoms with Gasteiger partial charge in [-0.1, -0.05) is 48.9 Å². The van der Waals surface area contributed by atoms with E-state index in [1.54, 1.807) is 34.9 Å². The van der Waals surface area contributed by atoms with Crippen molar-refractivity contribution in [3.8, 4) is 0 Å². The first-order valence-corrected chi connectivity index (χ1v) is 12.1. The summed E-state index contributed by atoms with van der Waals surface area (Å²) in [6.45, 7) is 2.79. The number of benzene rings is 3. The average molecular weight is 478 g/mol. The first kappa shape index (κ1) is 23.1. The predicted octanol–water partition coefficient (Wildman–Crippen LogP) is 5.92. The van der Waals surface area contributed by atoms with Gasteiger partial charge in [-0.05, 0) is 54.4 Å². The lowest BCUT2D eigenvalue weighted by Crippen LogP contribution is -2.32. The van der Waals surface area contributed by atoms with E-state index >= 15 is 0 Å². The summed E-state index contributed by atoms with van der Waals surface area (Å²) in [4.78, 5) is 35.9. The fourth-order valence-corrected chi connectivity index (χ4v) is 4.59. The maximum Gasteiger partial charge on any atom is 0.258 e. The zero-order valence-electron chi connectivity index (χ0n) is 18.3. The molecule has 4 aromatic rings. The number of nitrogens with one attached hydrogen (secondary N) is 1. The topological polar surface area (TPSA) is 66.1 Å². The molecule has 0 atom stereocenters. The molecule has 1 N–H and O–H groups in total. The minimum absolute atomic E-state index is 0.0899. The number of halogens is 1. The van der Waals surface area contributed by atoms with Crippen molar-refractivity contribution >= 4 is 40.2 Å². The van der Waals surface area contributed by atoms with Crippen molar-refractivity contribution in [3.05, 3.63) is 105 Å². The van der Waals surface area contributed by atoms with Crippen molar-refractivity contribution in [2.24, 2.45) is 0 Å². The maximum absolute atomic E-state index is 13.2.